The Kier molecular flexibility index (Phi) is 5.87. The Morgan fingerprint density at radius 1 is 0.765 bits per heavy atom. The van der Waals surface area contributed by atoms with Gasteiger partial charge in [-0.15, -0.1) is 4.57 Å². The molecule has 0 spiro atoms. The van der Waals surface area contributed by atoms with Gasteiger partial charge in [0, 0.05) is 37.4 Å². The minimum atomic E-state index is 0.204. The SMILES string of the molecule is CCN(CC)c1cccc2c1nc1ccc(N=Nc3ccc(O)cc3)cc1[n+]2-c1ccccc1. The van der Waals surface area contributed by atoms with Gasteiger partial charge in [0.2, 0.25) is 16.7 Å². The molecule has 0 bridgehead atoms. The summed E-state index contributed by atoms with van der Waals surface area (Å²) in [5.41, 5.74) is 7.45. The summed E-state index contributed by atoms with van der Waals surface area (Å²) in [6.45, 7) is 6.16. The van der Waals surface area contributed by atoms with Crippen molar-refractivity contribution >= 4 is 39.1 Å². The molecule has 0 saturated heterocycles. The quantitative estimate of drug-likeness (QED) is 0.180. The van der Waals surface area contributed by atoms with Gasteiger partial charge in [-0.2, -0.15) is 10.2 Å². The van der Waals surface area contributed by atoms with Crippen molar-refractivity contribution in [3.8, 4) is 11.4 Å². The average Bonchev–Trinajstić information content (AvgIpc) is 2.88. The van der Waals surface area contributed by atoms with Gasteiger partial charge in [-0.25, -0.2) is 4.98 Å². The Morgan fingerprint density at radius 2 is 1.47 bits per heavy atom. The van der Waals surface area contributed by atoms with Crippen LogP contribution in [-0.2, 0) is 0 Å². The zero-order valence-corrected chi connectivity index (χ0v) is 19.3. The molecule has 0 saturated carbocycles. The Morgan fingerprint density at radius 3 is 2.21 bits per heavy atom. The average molecular weight is 449 g/mol. The molecule has 1 aromatic heterocycles. The van der Waals surface area contributed by atoms with Crippen LogP contribution in [-0.4, -0.2) is 23.2 Å². The third kappa shape index (κ3) is 4.06. The maximum atomic E-state index is 9.49. The summed E-state index contributed by atoms with van der Waals surface area (Å²) in [4.78, 5) is 7.42. The van der Waals surface area contributed by atoms with Crippen LogP contribution in [0.2, 0.25) is 0 Å². The van der Waals surface area contributed by atoms with Gasteiger partial charge in [-0.1, -0.05) is 24.3 Å². The largest absolute Gasteiger partial charge is 0.508 e. The molecule has 0 radical (unpaired) electrons. The number of aromatic nitrogens is 2. The number of rotatable bonds is 6. The number of aromatic hydroxyl groups is 1. The number of phenolic OH excluding ortho intramolecular Hbond substituents is 1. The third-order valence-electron chi connectivity index (χ3n) is 5.92. The number of nitrogens with zero attached hydrogens (tertiary/aromatic N) is 5. The standard InChI is InChI=1S/C28H25N5O/c1-3-32(4-2)25-11-8-12-26-28(25)29-24-18-15-21(31-30-20-13-16-23(34)17-14-20)19-27(24)33(26)22-9-6-5-7-10-22/h5-19H,3-4H2,1-2H3/p+1. The number of hydrogen-bond donors (Lipinski definition) is 1. The van der Waals surface area contributed by atoms with E-state index in [1.54, 1.807) is 24.3 Å². The summed E-state index contributed by atoms with van der Waals surface area (Å²) in [7, 11) is 0. The van der Waals surface area contributed by atoms with Gasteiger partial charge >= 0.3 is 0 Å². The van der Waals surface area contributed by atoms with E-state index in [1.807, 2.05) is 36.4 Å². The highest BCUT2D eigenvalue weighted by molar-refractivity contribution is 5.91. The van der Waals surface area contributed by atoms with Gasteiger partial charge in [0.15, 0.2) is 5.52 Å². The number of anilines is 1. The van der Waals surface area contributed by atoms with E-state index in [4.69, 9.17) is 4.98 Å². The third-order valence-corrected chi connectivity index (χ3v) is 5.92. The number of hydrogen-bond acceptors (Lipinski definition) is 5. The van der Waals surface area contributed by atoms with Crippen LogP contribution >= 0.6 is 0 Å². The van der Waals surface area contributed by atoms with Crippen molar-refractivity contribution in [3.05, 3.63) is 91.0 Å². The second kappa shape index (κ2) is 9.27. The van der Waals surface area contributed by atoms with Crippen LogP contribution in [0.3, 0.4) is 0 Å². The van der Waals surface area contributed by atoms with Crippen LogP contribution in [0.1, 0.15) is 13.8 Å². The van der Waals surface area contributed by atoms with Crippen LogP contribution in [0.25, 0.3) is 27.8 Å². The molecular formula is C28H26N5O+. The fourth-order valence-corrected chi connectivity index (χ4v) is 4.22. The first-order valence-electron chi connectivity index (χ1n) is 11.5. The lowest BCUT2D eigenvalue weighted by Crippen LogP contribution is -2.34. The zero-order chi connectivity index (χ0) is 23.5. The Hall–Kier alpha value is -4.32. The minimum Gasteiger partial charge on any atom is -0.508 e. The second-order valence-electron chi connectivity index (χ2n) is 7.99. The normalized spacial score (nSPS) is 11.5. The zero-order valence-electron chi connectivity index (χ0n) is 19.3. The first-order chi connectivity index (χ1) is 16.7. The van der Waals surface area contributed by atoms with E-state index in [2.05, 4.69) is 63.9 Å². The smallest absolute Gasteiger partial charge is 0.239 e. The molecule has 6 nitrogen and oxygen atoms in total. The predicted octanol–water partition coefficient (Wildman–Crippen LogP) is 6.63. The van der Waals surface area contributed by atoms with E-state index < -0.39 is 0 Å². The topological polar surface area (TPSA) is 65.0 Å². The van der Waals surface area contributed by atoms with Gasteiger partial charge in [0.25, 0.3) is 0 Å². The highest BCUT2D eigenvalue weighted by Crippen LogP contribution is 2.29. The summed E-state index contributed by atoms with van der Waals surface area (Å²) >= 11 is 0. The van der Waals surface area contributed by atoms with Gasteiger partial charge in [0.1, 0.15) is 11.3 Å². The van der Waals surface area contributed by atoms with Crippen LogP contribution in [0.5, 0.6) is 5.75 Å². The molecule has 0 aliphatic rings. The van der Waals surface area contributed by atoms with Gasteiger partial charge in [-0.3, -0.25) is 0 Å². The number of para-hydroxylation sites is 2. The Bertz CT molecular complexity index is 1480. The lowest BCUT2D eigenvalue weighted by molar-refractivity contribution is -0.538. The Labute approximate surface area is 198 Å². The van der Waals surface area contributed by atoms with Crippen molar-refractivity contribution < 1.29 is 9.67 Å². The molecule has 0 unspecified atom stereocenters. The molecule has 168 valence electrons. The van der Waals surface area contributed by atoms with E-state index in [0.29, 0.717) is 5.69 Å². The molecule has 0 amide bonds. The van der Waals surface area contributed by atoms with Gasteiger partial charge in [-0.05, 0) is 56.3 Å². The molecule has 0 atom stereocenters. The van der Waals surface area contributed by atoms with Crippen molar-refractivity contribution in [1.82, 2.24) is 4.98 Å². The maximum Gasteiger partial charge on any atom is 0.239 e. The van der Waals surface area contributed by atoms with E-state index in [1.165, 1.54) is 0 Å². The second-order valence-corrected chi connectivity index (χ2v) is 7.99. The molecule has 5 aromatic rings. The fraction of sp³-hybridized carbons (Fsp3) is 0.143. The summed E-state index contributed by atoms with van der Waals surface area (Å²) in [6.07, 6.45) is 0. The molecule has 5 rings (SSSR count). The highest BCUT2D eigenvalue weighted by atomic mass is 16.3. The van der Waals surface area contributed by atoms with Crippen LogP contribution in [0.4, 0.5) is 17.1 Å². The molecule has 0 aliphatic carbocycles. The van der Waals surface area contributed by atoms with E-state index in [-0.39, 0.29) is 5.75 Å². The van der Waals surface area contributed by atoms with Gasteiger partial charge < -0.3 is 10.0 Å². The lowest BCUT2D eigenvalue weighted by atomic mass is 10.1. The molecule has 6 heteroatoms. The highest BCUT2D eigenvalue weighted by Gasteiger charge is 2.22. The van der Waals surface area contributed by atoms with Crippen molar-refractivity contribution in [3.63, 3.8) is 0 Å². The summed E-state index contributed by atoms with van der Waals surface area (Å²) in [5, 5.41) is 18.2. The van der Waals surface area contributed by atoms with Crippen molar-refractivity contribution in [2.24, 2.45) is 10.2 Å². The van der Waals surface area contributed by atoms with E-state index >= 15 is 0 Å². The van der Waals surface area contributed by atoms with Crippen LogP contribution in [0.15, 0.2) is 101 Å². The number of fused-ring (bicyclic) bond motifs is 2. The molecule has 34 heavy (non-hydrogen) atoms. The molecule has 0 fully saturated rings. The predicted molar refractivity (Wildman–Crippen MR) is 137 cm³/mol. The molecule has 1 heterocycles. The summed E-state index contributed by atoms with van der Waals surface area (Å²) < 4.78 is 2.24. The molecular weight excluding hydrogens is 422 g/mol. The first-order valence-corrected chi connectivity index (χ1v) is 11.5. The van der Waals surface area contributed by atoms with Crippen LogP contribution in [0, 0.1) is 0 Å². The number of azo groups is 1. The monoisotopic (exact) mass is 448 g/mol. The molecule has 0 aliphatic heterocycles. The fourth-order valence-electron chi connectivity index (χ4n) is 4.22. The molecule has 4 aromatic carbocycles. The summed E-state index contributed by atoms with van der Waals surface area (Å²) in [5.74, 6) is 0.204. The van der Waals surface area contributed by atoms with E-state index in [9.17, 15) is 5.11 Å². The van der Waals surface area contributed by atoms with Crippen molar-refractivity contribution in [1.29, 1.82) is 0 Å². The lowest BCUT2D eigenvalue weighted by Gasteiger charge is -2.21. The van der Waals surface area contributed by atoms with Crippen LogP contribution < -0.4 is 9.47 Å². The van der Waals surface area contributed by atoms with Crippen molar-refractivity contribution in [2.75, 3.05) is 18.0 Å². The molecule has 1 N–H and O–H groups in total. The van der Waals surface area contributed by atoms with Crippen molar-refractivity contribution in [2.45, 2.75) is 13.8 Å². The van der Waals surface area contributed by atoms with E-state index in [0.717, 1.165) is 52.2 Å². The minimum absolute atomic E-state index is 0.204. The maximum absolute atomic E-state index is 9.49. The number of phenols is 1. The Balaban J connectivity index is 1.74. The van der Waals surface area contributed by atoms with Gasteiger partial charge in [0.05, 0.1) is 17.1 Å². The number of benzene rings is 4. The summed E-state index contributed by atoms with van der Waals surface area (Å²) in [6, 6.07) is 29.3. The first kappa shape index (κ1) is 21.5.